The van der Waals surface area contributed by atoms with E-state index in [9.17, 15) is 5.11 Å². The van der Waals surface area contributed by atoms with Crippen LogP contribution in [0.15, 0.2) is 18.2 Å². The fourth-order valence-corrected chi connectivity index (χ4v) is 1.23. The summed E-state index contributed by atoms with van der Waals surface area (Å²) >= 11 is 0. The number of aliphatic hydroxyl groups is 1. The standard InChI is InChI=1S/C12H14O2/c1-4-7-14-12-8-9(2)5-6-11(12)10(3)13/h1,5-6,8,10,13H,7H2,2-3H3/t10-/m1/s1. The summed E-state index contributed by atoms with van der Waals surface area (Å²) in [6, 6.07) is 5.66. The highest BCUT2D eigenvalue weighted by Crippen LogP contribution is 2.25. The van der Waals surface area contributed by atoms with E-state index in [4.69, 9.17) is 11.2 Å². The molecule has 1 aromatic carbocycles. The van der Waals surface area contributed by atoms with Gasteiger partial charge in [0.2, 0.25) is 0 Å². The molecule has 74 valence electrons. The minimum absolute atomic E-state index is 0.225. The quantitative estimate of drug-likeness (QED) is 0.739. The van der Waals surface area contributed by atoms with Gasteiger partial charge in [0.15, 0.2) is 0 Å². The zero-order valence-corrected chi connectivity index (χ0v) is 8.45. The molecule has 0 bridgehead atoms. The van der Waals surface area contributed by atoms with Crippen molar-refractivity contribution in [1.29, 1.82) is 0 Å². The van der Waals surface area contributed by atoms with Crippen LogP contribution in [0.25, 0.3) is 0 Å². The van der Waals surface area contributed by atoms with E-state index in [0.29, 0.717) is 5.75 Å². The normalized spacial score (nSPS) is 11.9. The highest BCUT2D eigenvalue weighted by Gasteiger charge is 2.08. The number of rotatable bonds is 3. The fraction of sp³-hybridized carbons (Fsp3) is 0.333. The maximum absolute atomic E-state index is 9.46. The third-order valence-corrected chi connectivity index (χ3v) is 1.93. The van der Waals surface area contributed by atoms with E-state index in [0.717, 1.165) is 11.1 Å². The summed E-state index contributed by atoms with van der Waals surface area (Å²) in [6.45, 7) is 3.89. The zero-order chi connectivity index (χ0) is 10.6. The van der Waals surface area contributed by atoms with Crippen molar-refractivity contribution in [2.75, 3.05) is 6.61 Å². The highest BCUT2D eigenvalue weighted by atomic mass is 16.5. The first-order chi connectivity index (χ1) is 6.65. The average Bonchev–Trinajstić information content (AvgIpc) is 2.14. The van der Waals surface area contributed by atoms with Gasteiger partial charge in [-0.2, -0.15) is 0 Å². The smallest absolute Gasteiger partial charge is 0.148 e. The molecule has 0 unspecified atom stereocenters. The molecule has 0 aromatic heterocycles. The minimum atomic E-state index is -0.539. The van der Waals surface area contributed by atoms with Crippen molar-refractivity contribution in [3.05, 3.63) is 29.3 Å². The van der Waals surface area contributed by atoms with Crippen molar-refractivity contribution in [3.8, 4) is 18.1 Å². The van der Waals surface area contributed by atoms with Crippen molar-refractivity contribution in [3.63, 3.8) is 0 Å². The number of aryl methyl sites for hydroxylation is 1. The number of hydrogen-bond donors (Lipinski definition) is 1. The molecule has 0 saturated heterocycles. The van der Waals surface area contributed by atoms with Crippen molar-refractivity contribution in [2.45, 2.75) is 20.0 Å². The Labute approximate surface area is 84.5 Å². The molecule has 1 rings (SSSR count). The molecule has 1 aromatic rings. The minimum Gasteiger partial charge on any atom is -0.481 e. The molecule has 0 aliphatic rings. The Morgan fingerprint density at radius 1 is 1.57 bits per heavy atom. The van der Waals surface area contributed by atoms with Crippen LogP contribution in [0.5, 0.6) is 5.75 Å². The molecule has 14 heavy (non-hydrogen) atoms. The topological polar surface area (TPSA) is 29.5 Å². The lowest BCUT2D eigenvalue weighted by molar-refractivity contribution is 0.193. The van der Waals surface area contributed by atoms with E-state index in [2.05, 4.69) is 5.92 Å². The van der Waals surface area contributed by atoms with Crippen molar-refractivity contribution >= 4 is 0 Å². The van der Waals surface area contributed by atoms with Crippen molar-refractivity contribution < 1.29 is 9.84 Å². The van der Waals surface area contributed by atoms with Crippen LogP contribution in [0.1, 0.15) is 24.2 Å². The van der Waals surface area contributed by atoms with Crippen LogP contribution in [0.3, 0.4) is 0 Å². The first-order valence-electron chi connectivity index (χ1n) is 4.50. The van der Waals surface area contributed by atoms with E-state index in [1.54, 1.807) is 6.92 Å². The molecule has 0 radical (unpaired) electrons. The second-order valence-electron chi connectivity index (χ2n) is 3.21. The third-order valence-electron chi connectivity index (χ3n) is 1.93. The molecule has 0 aliphatic carbocycles. The van der Waals surface area contributed by atoms with Gasteiger partial charge in [-0.3, -0.25) is 0 Å². The molecule has 0 spiro atoms. The van der Waals surface area contributed by atoms with Gasteiger partial charge in [0.25, 0.3) is 0 Å². The van der Waals surface area contributed by atoms with E-state index in [1.807, 2.05) is 25.1 Å². The van der Waals surface area contributed by atoms with Crippen LogP contribution in [0, 0.1) is 19.3 Å². The Morgan fingerprint density at radius 3 is 2.86 bits per heavy atom. The number of aliphatic hydroxyl groups excluding tert-OH is 1. The number of terminal acetylenes is 1. The Hall–Kier alpha value is -1.46. The lowest BCUT2D eigenvalue weighted by atomic mass is 10.1. The summed E-state index contributed by atoms with van der Waals surface area (Å²) < 4.78 is 5.33. The first-order valence-corrected chi connectivity index (χ1v) is 4.50. The lowest BCUT2D eigenvalue weighted by Gasteiger charge is -2.12. The summed E-state index contributed by atoms with van der Waals surface area (Å²) in [5.74, 6) is 3.06. The van der Waals surface area contributed by atoms with Gasteiger partial charge in [-0.1, -0.05) is 18.1 Å². The predicted octanol–water partition coefficient (Wildman–Crippen LogP) is 2.06. The van der Waals surface area contributed by atoms with Crippen LogP contribution in [-0.2, 0) is 0 Å². The number of ether oxygens (including phenoxy) is 1. The Morgan fingerprint density at radius 2 is 2.29 bits per heavy atom. The van der Waals surface area contributed by atoms with Gasteiger partial charge in [-0.25, -0.2) is 0 Å². The largest absolute Gasteiger partial charge is 0.481 e. The van der Waals surface area contributed by atoms with Gasteiger partial charge in [0.1, 0.15) is 12.4 Å². The summed E-state index contributed by atoms with van der Waals surface area (Å²) in [7, 11) is 0. The lowest BCUT2D eigenvalue weighted by Crippen LogP contribution is -2.00. The summed E-state index contributed by atoms with van der Waals surface area (Å²) in [5.41, 5.74) is 1.85. The van der Waals surface area contributed by atoms with Crippen molar-refractivity contribution in [2.24, 2.45) is 0 Å². The Balaban J connectivity index is 2.98. The van der Waals surface area contributed by atoms with E-state index < -0.39 is 6.10 Å². The second kappa shape index (κ2) is 4.69. The van der Waals surface area contributed by atoms with E-state index in [-0.39, 0.29) is 6.61 Å². The van der Waals surface area contributed by atoms with Gasteiger partial charge in [0.05, 0.1) is 6.10 Å². The van der Waals surface area contributed by atoms with Crippen LogP contribution in [0.4, 0.5) is 0 Å². The maximum Gasteiger partial charge on any atom is 0.148 e. The van der Waals surface area contributed by atoms with Crippen LogP contribution in [-0.4, -0.2) is 11.7 Å². The monoisotopic (exact) mass is 190 g/mol. The molecule has 0 aliphatic heterocycles. The predicted molar refractivity (Wildman–Crippen MR) is 56.1 cm³/mol. The van der Waals surface area contributed by atoms with Gasteiger partial charge in [-0.15, -0.1) is 6.42 Å². The van der Waals surface area contributed by atoms with Crippen LogP contribution >= 0.6 is 0 Å². The molecular weight excluding hydrogens is 176 g/mol. The first kappa shape index (κ1) is 10.6. The van der Waals surface area contributed by atoms with E-state index in [1.165, 1.54) is 0 Å². The third kappa shape index (κ3) is 2.51. The van der Waals surface area contributed by atoms with Gasteiger partial charge < -0.3 is 9.84 Å². The van der Waals surface area contributed by atoms with Gasteiger partial charge in [0, 0.05) is 5.56 Å². The second-order valence-corrected chi connectivity index (χ2v) is 3.21. The Bertz CT molecular complexity index is 348. The molecule has 1 atom stereocenters. The molecule has 0 heterocycles. The number of benzene rings is 1. The molecule has 2 heteroatoms. The van der Waals surface area contributed by atoms with Crippen LogP contribution < -0.4 is 4.74 Å². The fourth-order valence-electron chi connectivity index (χ4n) is 1.23. The Kier molecular flexibility index (Phi) is 3.55. The SMILES string of the molecule is C#CCOc1cc(C)ccc1[C@@H](C)O. The van der Waals surface area contributed by atoms with Gasteiger partial charge >= 0.3 is 0 Å². The molecule has 2 nitrogen and oxygen atoms in total. The molecular formula is C12H14O2. The average molecular weight is 190 g/mol. The van der Waals surface area contributed by atoms with Crippen LogP contribution in [0.2, 0.25) is 0 Å². The summed E-state index contributed by atoms with van der Waals surface area (Å²) in [4.78, 5) is 0. The summed E-state index contributed by atoms with van der Waals surface area (Å²) in [5, 5.41) is 9.46. The van der Waals surface area contributed by atoms with E-state index >= 15 is 0 Å². The molecule has 0 saturated carbocycles. The van der Waals surface area contributed by atoms with Crippen molar-refractivity contribution in [1.82, 2.24) is 0 Å². The van der Waals surface area contributed by atoms with Gasteiger partial charge in [-0.05, 0) is 25.5 Å². The molecule has 0 fully saturated rings. The molecule has 1 N–H and O–H groups in total. The number of hydrogen-bond acceptors (Lipinski definition) is 2. The molecule has 0 amide bonds. The maximum atomic E-state index is 9.46. The highest BCUT2D eigenvalue weighted by molar-refractivity contribution is 5.38. The zero-order valence-electron chi connectivity index (χ0n) is 8.45. The summed E-state index contributed by atoms with van der Waals surface area (Å²) in [6.07, 6.45) is 4.56.